The van der Waals surface area contributed by atoms with Crippen LogP contribution in [0.5, 0.6) is 0 Å². The average Bonchev–Trinajstić information content (AvgIpc) is 2.36. The van der Waals surface area contributed by atoms with Crippen molar-refractivity contribution < 1.29 is 4.79 Å². The maximum absolute atomic E-state index is 12.2. The van der Waals surface area contributed by atoms with Gasteiger partial charge in [-0.05, 0) is 32.4 Å². The molecule has 0 fully saturated rings. The Morgan fingerprint density at radius 1 is 1.21 bits per heavy atom. The van der Waals surface area contributed by atoms with Crippen LogP contribution < -0.4 is 5.32 Å². The first-order chi connectivity index (χ1) is 9.08. The first-order valence-corrected chi connectivity index (χ1v) is 6.07. The first kappa shape index (κ1) is 13.1. The Labute approximate surface area is 112 Å². The summed E-state index contributed by atoms with van der Waals surface area (Å²) in [6.45, 7) is 5.90. The molecule has 0 aromatic carbocycles. The van der Waals surface area contributed by atoms with E-state index in [0.29, 0.717) is 29.3 Å². The number of nitrogens with zero attached hydrogens (tertiary/aromatic N) is 3. The molecule has 1 amide bonds. The van der Waals surface area contributed by atoms with Crippen molar-refractivity contribution in [3.8, 4) is 0 Å². The maximum Gasteiger partial charge on any atom is 0.255 e. The quantitative estimate of drug-likeness (QED) is 0.908. The highest BCUT2D eigenvalue weighted by atomic mass is 16.1. The van der Waals surface area contributed by atoms with Gasteiger partial charge in [0.2, 0.25) is 0 Å². The zero-order valence-electron chi connectivity index (χ0n) is 11.3. The topological polar surface area (TPSA) is 67.8 Å². The Morgan fingerprint density at radius 2 is 1.89 bits per heavy atom. The monoisotopic (exact) mass is 256 g/mol. The summed E-state index contributed by atoms with van der Waals surface area (Å²) in [6.07, 6.45) is 3.43. The molecule has 2 rings (SSSR count). The van der Waals surface area contributed by atoms with Crippen LogP contribution in [0.15, 0.2) is 24.5 Å². The van der Waals surface area contributed by atoms with E-state index in [-0.39, 0.29) is 5.91 Å². The summed E-state index contributed by atoms with van der Waals surface area (Å²) in [6, 6.07) is 3.76. The SMILES string of the molecule is Cc1nc(C)c(C(=O)NCc2cccnc2)c(C)n1. The molecule has 5 nitrogen and oxygen atoms in total. The van der Waals surface area contributed by atoms with Gasteiger partial charge in [-0.3, -0.25) is 9.78 Å². The van der Waals surface area contributed by atoms with Crippen molar-refractivity contribution in [2.45, 2.75) is 27.3 Å². The molecule has 5 heteroatoms. The summed E-state index contributed by atoms with van der Waals surface area (Å²) in [5, 5.41) is 2.86. The van der Waals surface area contributed by atoms with Crippen LogP contribution in [0.25, 0.3) is 0 Å². The van der Waals surface area contributed by atoms with Crippen LogP contribution >= 0.6 is 0 Å². The van der Waals surface area contributed by atoms with Crippen molar-refractivity contribution in [2.24, 2.45) is 0 Å². The lowest BCUT2D eigenvalue weighted by atomic mass is 10.1. The number of rotatable bonds is 3. The van der Waals surface area contributed by atoms with Crippen LogP contribution in [0.3, 0.4) is 0 Å². The third kappa shape index (κ3) is 3.13. The van der Waals surface area contributed by atoms with Crippen molar-refractivity contribution in [2.75, 3.05) is 0 Å². The molecule has 1 N–H and O–H groups in total. The van der Waals surface area contributed by atoms with Crippen LogP contribution in [0.1, 0.15) is 33.1 Å². The highest BCUT2D eigenvalue weighted by molar-refractivity contribution is 5.96. The third-order valence-electron chi connectivity index (χ3n) is 2.79. The number of aromatic nitrogens is 3. The van der Waals surface area contributed by atoms with Gasteiger partial charge in [-0.15, -0.1) is 0 Å². The van der Waals surface area contributed by atoms with Gasteiger partial charge in [-0.2, -0.15) is 0 Å². The molecule has 0 aliphatic rings. The molecular weight excluding hydrogens is 240 g/mol. The van der Waals surface area contributed by atoms with Crippen molar-refractivity contribution >= 4 is 5.91 Å². The lowest BCUT2D eigenvalue weighted by Gasteiger charge is -2.10. The van der Waals surface area contributed by atoms with E-state index in [4.69, 9.17) is 0 Å². The number of carbonyl (C=O) groups excluding carboxylic acids is 1. The Bertz CT molecular complexity index is 573. The molecule has 0 unspecified atom stereocenters. The van der Waals surface area contributed by atoms with Crippen LogP contribution in [0.2, 0.25) is 0 Å². The normalized spacial score (nSPS) is 10.3. The van der Waals surface area contributed by atoms with Crippen molar-refractivity contribution in [3.63, 3.8) is 0 Å². The Kier molecular flexibility index (Phi) is 3.85. The summed E-state index contributed by atoms with van der Waals surface area (Å²) < 4.78 is 0. The van der Waals surface area contributed by atoms with Gasteiger partial charge in [-0.1, -0.05) is 6.07 Å². The number of hydrogen-bond acceptors (Lipinski definition) is 4. The zero-order chi connectivity index (χ0) is 13.8. The third-order valence-corrected chi connectivity index (χ3v) is 2.79. The minimum atomic E-state index is -0.154. The molecule has 98 valence electrons. The van der Waals surface area contributed by atoms with Crippen molar-refractivity contribution in [1.29, 1.82) is 0 Å². The van der Waals surface area contributed by atoms with Gasteiger partial charge >= 0.3 is 0 Å². The predicted molar refractivity (Wildman–Crippen MR) is 71.7 cm³/mol. The Hall–Kier alpha value is -2.30. The zero-order valence-corrected chi connectivity index (χ0v) is 11.3. The summed E-state index contributed by atoms with van der Waals surface area (Å²) in [7, 11) is 0. The number of pyridine rings is 1. The van der Waals surface area contributed by atoms with Gasteiger partial charge < -0.3 is 5.32 Å². The van der Waals surface area contributed by atoms with Gasteiger partial charge in [0, 0.05) is 18.9 Å². The van der Waals surface area contributed by atoms with Crippen LogP contribution in [-0.2, 0) is 6.54 Å². The molecule has 2 heterocycles. The highest BCUT2D eigenvalue weighted by Gasteiger charge is 2.14. The number of carbonyl (C=O) groups is 1. The lowest BCUT2D eigenvalue weighted by Crippen LogP contribution is -2.25. The van der Waals surface area contributed by atoms with Crippen molar-refractivity contribution in [1.82, 2.24) is 20.3 Å². The number of amides is 1. The van der Waals surface area contributed by atoms with E-state index in [1.54, 1.807) is 12.4 Å². The lowest BCUT2D eigenvalue weighted by molar-refractivity contribution is 0.0948. The van der Waals surface area contributed by atoms with Crippen LogP contribution in [0.4, 0.5) is 0 Å². The molecule has 0 spiro atoms. The second kappa shape index (κ2) is 5.56. The fraction of sp³-hybridized carbons (Fsp3) is 0.286. The smallest absolute Gasteiger partial charge is 0.255 e. The number of nitrogens with one attached hydrogen (secondary N) is 1. The molecule has 0 atom stereocenters. The molecule has 2 aromatic rings. The summed E-state index contributed by atoms with van der Waals surface area (Å²) in [4.78, 5) is 24.6. The van der Waals surface area contributed by atoms with Crippen LogP contribution in [0, 0.1) is 20.8 Å². The van der Waals surface area contributed by atoms with Gasteiger partial charge in [0.05, 0.1) is 17.0 Å². The van der Waals surface area contributed by atoms with E-state index in [1.807, 2.05) is 32.9 Å². The maximum atomic E-state index is 12.2. The molecule has 0 bridgehead atoms. The molecular formula is C14H16N4O. The average molecular weight is 256 g/mol. The van der Waals surface area contributed by atoms with Gasteiger partial charge in [-0.25, -0.2) is 9.97 Å². The number of aryl methyl sites for hydroxylation is 3. The molecule has 0 radical (unpaired) electrons. The van der Waals surface area contributed by atoms with Crippen molar-refractivity contribution in [3.05, 3.63) is 52.9 Å². The minimum Gasteiger partial charge on any atom is -0.348 e. The summed E-state index contributed by atoms with van der Waals surface area (Å²) in [5.74, 6) is 0.526. The highest BCUT2D eigenvalue weighted by Crippen LogP contribution is 2.10. The molecule has 0 saturated carbocycles. The fourth-order valence-electron chi connectivity index (χ4n) is 1.99. The predicted octanol–water partition coefficient (Wildman–Crippen LogP) is 1.73. The van der Waals surface area contributed by atoms with Crippen LogP contribution in [-0.4, -0.2) is 20.9 Å². The molecule has 19 heavy (non-hydrogen) atoms. The van der Waals surface area contributed by atoms with E-state index >= 15 is 0 Å². The second-order valence-electron chi connectivity index (χ2n) is 4.36. The van der Waals surface area contributed by atoms with E-state index in [9.17, 15) is 4.79 Å². The summed E-state index contributed by atoms with van der Waals surface area (Å²) in [5.41, 5.74) is 2.91. The molecule has 0 aliphatic heterocycles. The molecule has 0 saturated heterocycles. The van der Waals surface area contributed by atoms with E-state index < -0.39 is 0 Å². The molecule has 2 aromatic heterocycles. The second-order valence-corrected chi connectivity index (χ2v) is 4.36. The van der Waals surface area contributed by atoms with Gasteiger partial charge in [0.1, 0.15) is 5.82 Å². The Balaban J connectivity index is 2.13. The number of hydrogen-bond donors (Lipinski definition) is 1. The summed E-state index contributed by atoms with van der Waals surface area (Å²) >= 11 is 0. The Morgan fingerprint density at radius 3 is 2.47 bits per heavy atom. The van der Waals surface area contributed by atoms with E-state index in [2.05, 4.69) is 20.3 Å². The van der Waals surface area contributed by atoms with Gasteiger partial charge in [0.15, 0.2) is 0 Å². The van der Waals surface area contributed by atoms with Gasteiger partial charge in [0.25, 0.3) is 5.91 Å². The minimum absolute atomic E-state index is 0.154. The first-order valence-electron chi connectivity index (χ1n) is 6.07. The fourth-order valence-corrected chi connectivity index (χ4v) is 1.99. The molecule has 0 aliphatic carbocycles. The largest absolute Gasteiger partial charge is 0.348 e. The van der Waals surface area contributed by atoms with E-state index in [0.717, 1.165) is 5.56 Å². The van der Waals surface area contributed by atoms with E-state index in [1.165, 1.54) is 0 Å². The standard InChI is InChI=1S/C14H16N4O/c1-9-13(10(2)18-11(3)17-9)14(19)16-8-12-5-4-6-15-7-12/h4-7H,8H2,1-3H3,(H,16,19).